The van der Waals surface area contributed by atoms with Crippen LogP contribution < -0.4 is 15.4 Å². The number of carbonyl (C=O) groups is 1. The number of carbonyl (C=O) groups excluding carboxylic acids is 1. The van der Waals surface area contributed by atoms with Gasteiger partial charge in [-0.1, -0.05) is 18.2 Å². The largest absolute Gasteiger partial charge is 0.493 e. The summed E-state index contributed by atoms with van der Waals surface area (Å²) in [4.78, 5) is 13.0. The number of amides is 1. The van der Waals surface area contributed by atoms with Gasteiger partial charge in [0.2, 0.25) is 0 Å². The Morgan fingerprint density at radius 1 is 1.14 bits per heavy atom. The normalized spacial score (nSPS) is 14.8. The number of hydrogen-bond donors (Lipinski definition) is 2. The van der Waals surface area contributed by atoms with Crippen molar-refractivity contribution in [2.45, 2.75) is 39.2 Å². The maximum absolute atomic E-state index is 13.0. The van der Waals surface area contributed by atoms with E-state index in [4.69, 9.17) is 4.74 Å². The lowest BCUT2D eigenvalue weighted by molar-refractivity contribution is 0.101. The van der Waals surface area contributed by atoms with E-state index in [1.165, 1.54) is 18.4 Å². The SMILES string of the molecule is CCOc1cccc2c1cc(C(=O)Nc1ccc(C3CCNCC3)cc1)n2CC. The predicted molar refractivity (Wildman–Crippen MR) is 118 cm³/mol. The van der Waals surface area contributed by atoms with Gasteiger partial charge in [-0.05, 0) is 81.6 Å². The quantitative estimate of drug-likeness (QED) is 0.636. The molecule has 0 bridgehead atoms. The Hall–Kier alpha value is -2.79. The second-order valence-electron chi connectivity index (χ2n) is 7.50. The lowest BCUT2D eigenvalue weighted by atomic mass is 9.90. The van der Waals surface area contributed by atoms with Crippen LogP contribution in [0.25, 0.3) is 10.9 Å². The zero-order chi connectivity index (χ0) is 20.2. The van der Waals surface area contributed by atoms with Crippen molar-refractivity contribution < 1.29 is 9.53 Å². The van der Waals surface area contributed by atoms with Crippen LogP contribution in [-0.2, 0) is 6.54 Å². The fourth-order valence-corrected chi connectivity index (χ4v) is 4.26. The molecule has 1 saturated heterocycles. The van der Waals surface area contributed by atoms with Crippen molar-refractivity contribution in [3.8, 4) is 5.75 Å². The van der Waals surface area contributed by atoms with E-state index in [-0.39, 0.29) is 5.91 Å². The monoisotopic (exact) mass is 391 g/mol. The van der Waals surface area contributed by atoms with Gasteiger partial charge in [-0.2, -0.15) is 0 Å². The summed E-state index contributed by atoms with van der Waals surface area (Å²) in [5.74, 6) is 1.33. The molecular formula is C24H29N3O2. The van der Waals surface area contributed by atoms with Crippen molar-refractivity contribution in [3.63, 3.8) is 0 Å². The van der Waals surface area contributed by atoms with Crippen LogP contribution in [0, 0.1) is 0 Å². The number of rotatable bonds is 6. The summed E-state index contributed by atoms with van der Waals surface area (Å²) < 4.78 is 7.79. The van der Waals surface area contributed by atoms with E-state index in [1.54, 1.807) is 0 Å². The molecule has 29 heavy (non-hydrogen) atoms. The van der Waals surface area contributed by atoms with Crippen molar-refractivity contribution in [2.24, 2.45) is 0 Å². The molecule has 0 radical (unpaired) electrons. The summed E-state index contributed by atoms with van der Waals surface area (Å²) in [5, 5.41) is 7.44. The molecule has 1 amide bonds. The highest BCUT2D eigenvalue weighted by atomic mass is 16.5. The van der Waals surface area contributed by atoms with E-state index in [9.17, 15) is 4.79 Å². The minimum atomic E-state index is -0.0971. The van der Waals surface area contributed by atoms with Gasteiger partial charge in [-0.15, -0.1) is 0 Å². The molecule has 5 heteroatoms. The van der Waals surface area contributed by atoms with E-state index in [2.05, 4.69) is 29.7 Å². The zero-order valence-electron chi connectivity index (χ0n) is 17.2. The van der Waals surface area contributed by atoms with Crippen molar-refractivity contribution >= 4 is 22.5 Å². The first-order valence-electron chi connectivity index (χ1n) is 10.6. The third-order valence-corrected chi connectivity index (χ3v) is 5.73. The average Bonchev–Trinajstić information content (AvgIpc) is 3.15. The Balaban J connectivity index is 1.56. The van der Waals surface area contributed by atoms with Gasteiger partial charge in [-0.25, -0.2) is 0 Å². The van der Waals surface area contributed by atoms with Crippen LogP contribution in [0.3, 0.4) is 0 Å². The molecule has 0 saturated carbocycles. The molecule has 2 N–H and O–H groups in total. The second kappa shape index (κ2) is 8.70. The third kappa shape index (κ3) is 4.01. The molecule has 0 aliphatic carbocycles. The lowest BCUT2D eigenvalue weighted by Crippen LogP contribution is -2.26. The van der Waals surface area contributed by atoms with Crippen molar-refractivity contribution in [2.75, 3.05) is 25.0 Å². The number of nitrogens with one attached hydrogen (secondary N) is 2. The predicted octanol–water partition coefficient (Wildman–Crippen LogP) is 4.78. The minimum Gasteiger partial charge on any atom is -0.493 e. The molecule has 0 atom stereocenters. The maximum atomic E-state index is 13.0. The maximum Gasteiger partial charge on any atom is 0.272 e. The number of ether oxygens (including phenoxy) is 1. The number of piperidine rings is 1. The summed E-state index contributed by atoms with van der Waals surface area (Å²) in [6, 6.07) is 16.2. The number of aryl methyl sites for hydroxylation is 1. The highest BCUT2D eigenvalue weighted by Gasteiger charge is 2.18. The van der Waals surface area contributed by atoms with Gasteiger partial charge in [0.1, 0.15) is 11.4 Å². The molecule has 1 aliphatic rings. The minimum absolute atomic E-state index is 0.0971. The van der Waals surface area contributed by atoms with Gasteiger partial charge < -0.3 is 19.9 Å². The molecule has 5 nitrogen and oxygen atoms in total. The number of aromatic nitrogens is 1. The molecule has 0 unspecified atom stereocenters. The topological polar surface area (TPSA) is 55.3 Å². The van der Waals surface area contributed by atoms with E-state index in [0.29, 0.717) is 18.2 Å². The van der Waals surface area contributed by atoms with E-state index in [0.717, 1.165) is 42.0 Å². The molecule has 2 heterocycles. The molecule has 4 rings (SSSR count). The van der Waals surface area contributed by atoms with Gasteiger partial charge in [0.25, 0.3) is 5.91 Å². The zero-order valence-corrected chi connectivity index (χ0v) is 17.2. The second-order valence-corrected chi connectivity index (χ2v) is 7.50. The summed E-state index contributed by atoms with van der Waals surface area (Å²) in [6.45, 7) is 7.49. The first-order valence-corrected chi connectivity index (χ1v) is 10.6. The van der Waals surface area contributed by atoms with E-state index >= 15 is 0 Å². The fraction of sp³-hybridized carbons (Fsp3) is 0.375. The van der Waals surface area contributed by atoms with Crippen LogP contribution in [0.2, 0.25) is 0 Å². The van der Waals surface area contributed by atoms with Crippen LogP contribution in [0.4, 0.5) is 5.69 Å². The van der Waals surface area contributed by atoms with Crippen molar-refractivity contribution in [1.82, 2.24) is 9.88 Å². The summed E-state index contributed by atoms with van der Waals surface area (Å²) in [5.41, 5.74) is 3.85. The number of hydrogen-bond acceptors (Lipinski definition) is 3. The smallest absolute Gasteiger partial charge is 0.272 e. The summed E-state index contributed by atoms with van der Waals surface area (Å²) in [6.07, 6.45) is 2.34. The Bertz CT molecular complexity index is 985. The average molecular weight is 392 g/mol. The third-order valence-electron chi connectivity index (χ3n) is 5.73. The van der Waals surface area contributed by atoms with E-state index in [1.807, 2.05) is 47.9 Å². The first-order chi connectivity index (χ1) is 14.2. The molecular weight excluding hydrogens is 362 g/mol. The standard InChI is InChI=1S/C24H29N3O2/c1-3-27-21-6-5-7-23(29-4-2)20(21)16-22(27)24(28)26-19-10-8-17(9-11-19)18-12-14-25-15-13-18/h5-11,16,18,25H,3-4,12-15H2,1-2H3,(H,26,28). The Morgan fingerprint density at radius 3 is 2.59 bits per heavy atom. The first kappa shape index (κ1) is 19.5. The van der Waals surface area contributed by atoms with Crippen LogP contribution in [-0.4, -0.2) is 30.2 Å². The van der Waals surface area contributed by atoms with E-state index < -0.39 is 0 Å². The highest BCUT2D eigenvalue weighted by Crippen LogP contribution is 2.30. The van der Waals surface area contributed by atoms with Crippen LogP contribution in [0.5, 0.6) is 5.75 Å². The molecule has 152 valence electrons. The molecule has 1 aliphatic heterocycles. The number of anilines is 1. The molecule has 0 spiro atoms. The van der Waals surface area contributed by atoms with Crippen molar-refractivity contribution in [3.05, 3.63) is 59.8 Å². The molecule has 1 aromatic heterocycles. The fourth-order valence-electron chi connectivity index (χ4n) is 4.26. The summed E-state index contributed by atoms with van der Waals surface area (Å²) in [7, 11) is 0. The van der Waals surface area contributed by atoms with Gasteiger partial charge in [0, 0.05) is 17.6 Å². The summed E-state index contributed by atoms with van der Waals surface area (Å²) >= 11 is 0. The van der Waals surface area contributed by atoms with Gasteiger partial charge in [0.15, 0.2) is 0 Å². The Labute approximate surface area is 172 Å². The Morgan fingerprint density at radius 2 is 1.90 bits per heavy atom. The highest BCUT2D eigenvalue weighted by molar-refractivity contribution is 6.07. The molecule has 2 aromatic carbocycles. The number of fused-ring (bicyclic) bond motifs is 1. The molecule has 1 fully saturated rings. The number of nitrogens with zero attached hydrogens (tertiary/aromatic N) is 1. The van der Waals surface area contributed by atoms with Gasteiger partial charge in [0.05, 0.1) is 12.1 Å². The van der Waals surface area contributed by atoms with Crippen LogP contribution in [0.1, 0.15) is 48.7 Å². The lowest BCUT2D eigenvalue weighted by Gasteiger charge is -2.23. The van der Waals surface area contributed by atoms with Crippen LogP contribution in [0.15, 0.2) is 48.5 Å². The van der Waals surface area contributed by atoms with Crippen molar-refractivity contribution in [1.29, 1.82) is 0 Å². The van der Waals surface area contributed by atoms with Gasteiger partial charge in [-0.3, -0.25) is 4.79 Å². The number of benzene rings is 2. The van der Waals surface area contributed by atoms with Gasteiger partial charge >= 0.3 is 0 Å². The molecule has 3 aromatic rings. The van der Waals surface area contributed by atoms with Crippen LogP contribution >= 0.6 is 0 Å². The Kier molecular flexibility index (Phi) is 5.86.